The Balaban J connectivity index is 1.52. The summed E-state index contributed by atoms with van der Waals surface area (Å²) in [6, 6.07) is 0. The summed E-state index contributed by atoms with van der Waals surface area (Å²) < 4.78 is 5.34. The third-order valence-corrected chi connectivity index (χ3v) is 6.72. The van der Waals surface area contributed by atoms with E-state index >= 15 is 0 Å². The molecule has 9 heteroatoms. The van der Waals surface area contributed by atoms with Crippen molar-refractivity contribution in [2.75, 3.05) is 31.1 Å². The van der Waals surface area contributed by atoms with Gasteiger partial charge >= 0.3 is 12.1 Å². The van der Waals surface area contributed by atoms with Crippen LogP contribution in [0.4, 0.5) is 4.79 Å². The number of nitrogens with zero attached hydrogens (tertiary/aromatic N) is 1. The highest BCUT2D eigenvalue weighted by molar-refractivity contribution is 8.76. The number of carbonyl (C=O) groups excluding carboxylic acids is 2. The topological polar surface area (TPSA) is 95.9 Å². The molecule has 26 heavy (non-hydrogen) atoms. The Kier molecular flexibility index (Phi) is 7.52. The minimum absolute atomic E-state index is 0.0745. The number of likely N-dealkylation sites (tertiary alicyclic amines) is 1. The second-order valence-electron chi connectivity index (χ2n) is 7.73. The summed E-state index contributed by atoms with van der Waals surface area (Å²) in [5, 5.41) is 11.5. The number of aliphatic carboxylic acids is 1. The molecule has 2 atom stereocenters. The molecule has 2 fully saturated rings. The summed E-state index contributed by atoms with van der Waals surface area (Å²) in [6.07, 6.45) is 0.794. The first-order valence-electron chi connectivity index (χ1n) is 8.89. The molecule has 148 valence electrons. The molecule has 0 aromatic rings. The van der Waals surface area contributed by atoms with Crippen LogP contribution in [-0.2, 0) is 14.3 Å². The van der Waals surface area contributed by atoms with Crippen molar-refractivity contribution >= 4 is 39.6 Å². The Morgan fingerprint density at radius 1 is 1.19 bits per heavy atom. The van der Waals surface area contributed by atoms with Crippen LogP contribution in [0.25, 0.3) is 0 Å². The van der Waals surface area contributed by atoms with Crippen molar-refractivity contribution in [2.24, 2.45) is 17.8 Å². The molecule has 1 aliphatic carbocycles. The highest BCUT2D eigenvalue weighted by atomic mass is 33.1. The molecular formula is C17H28N2O5S2. The first kappa shape index (κ1) is 21.2. The monoisotopic (exact) mass is 404 g/mol. The predicted molar refractivity (Wildman–Crippen MR) is 103 cm³/mol. The number of rotatable bonds is 9. The van der Waals surface area contributed by atoms with E-state index in [2.05, 4.69) is 5.32 Å². The molecule has 1 saturated heterocycles. The van der Waals surface area contributed by atoms with Gasteiger partial charge in [-0.2, -0.15) is 0 Å². The van der Waals surface area contributed by atoms with Gasteiger partial charge in [0, 0.05) is 37.1 Å². The lowest BCUT2D eigenvalue weighted by Crippen LogP contribution is -2.52. The maximum absolute atomic E-state index is 12.1. The van der Waals surface area contributed by atoms with Gasteiger partial charge in [-0.05, 0) is 39.0 Å². The first-order valence-corrected chi connectivity index (χ1v) is 11.4. The van der Waals surface area contributed by atoms with Crippen LogP contribution in [-0.4, -0.2) is 64.7 Å². The van der Waals surface area contributed by atoms with Crippen molar-refractivity contribution in [1.82, 2.24) is 10.2 Å². The molecule has 2 aliphatic rings. The number of carbonyl (C=O) groups is 3. The average molecular weight is 405 g/mol. The zero-order valence-corrected chi connectivity index (χ0v) is 17.2. The van der Waals surface area contributed by atoms with Gasteiger partial charge in [0.1, 0.15) is 5.60 Å². The van der Waals surface area contributed by atoms with Crippen molar-refractivity contribution in [3.63, 3.8) is 0 Å². The fraction of sp³-hybridized carbons (Fsp3) is 0.824. The van der Waals surface area contributed by atoms with Crippen LogP contribution < -0.4 is 5.32 Å². The number of carboxylic acids is 1. The van der Waals surface area contributed by atoms with Gasteiger partial charge < -0.3 is 20.1 Å². The van der Waals surface area contributed by atoms with E-state index < -0.39 is 11.6 Å². The van der Waals surface area contributed by atoms with Crippen molar-refractivity contribution in [2.45, 2.75) is 39.2 Å². The van der Waals surface area contributed by atoms with Crippen LogP contribution in [0.2, 0.25) is 0 Å². The Labute approximate surface area is 162 Å². The van der Waals surface area contributed by atoms with Crippen LogP contribution in [0.1, 0.15) is 33.6 Å². The summed E-state index contributed by atoms with van der Waals surface area (Å²) in [7, 11) is 3.10. The molecule has 1 saturated carbocycles. The molecule has 1 heterocycles. The van der Waals surface area contributed by atoms with Gasteiger partial charge in [0.25, 0.3) is 0 Å². The Hall–Kier alpha value is -1.09. The SMILES string of the molecule is CC(C)(C)OC(=O)N1CC([C@@H]2C[C@H]2C(=O)NCCSSCCC(=O)O)C1. The van der Waals surface area contributed by atoms with E-state index in [1.165, 1.54) is 10.8 Å². The number of hydrogen-bond donors (Lipinski definition) is 2. The standard InChI is InChI=1S/C17H28N2O5S2/c1-17(2,3)24-16(23)19-9-11(10-19)12-8-13(12)15(22)18-5-7-26-25-6-4-14(20)21/h11-13H,4-10H2,1-3H3,(H,18,22)(H,20,21)/t12-,13+/m0/s1. The predicted octanol–water partition coefficient (Wildman–Crippen LogP) is 2.46. The van der Waals surface area contributed by atoms with Gasteiger partial charge in [0.2, 0.25) is 5.91 Å². The molecule has 2 rings (SSSR count). The van der Waals surface area contributed by atoms with Crippen LogP contribution >= 0.6 is 21.6 Å². The molecule has 2 amide bonds. The Morgan fingerprint density at radius 2 is 1.85 bits per heavy atom. The Bertz CT molecular complexity index is 532. The summed E-state index contributed by atoms with van der Waals surface area (Å²) in [5.74, 6) is 1.52. The molecule has 2 N–H and O–H groups in total. The number of carboxylic acid groups (broad SMARTS) is 1. The summed E-state index contributed by atoms with van der Waals surface area (Å²) in [5.41, 5.74) is -0.478. The van der Waals surface area contributed by atoms with Crippen molar-refractivity contribution in [3.05, 3.63) is 0 Å². The third kappa shape index (κ3) is 6.90. The molecule has 0 radical (unpaired) electrons. The third-order valence-electron chi connectivity index (χ3n) is 4.31. The van der Waals surface area contributed by atoms with Crippen LogP contribution in [0.3, 0.4) is 0 Å². The van der Waals surface area contributed by atoms with Gasteiger partial charge in [-0.3, -0.25) is 9.59 Å². The number of hydrogen-bond acceptors (Lipinski definition) is 6. The molecule has 1 aliphatic heterocycles. The molecule has 0 spiro atoms. The van der Waals surface area contributed by atoms with Gasteiger partial charge in [0.05, 0.1) is 6.42 Å². The van der Waals surface area contributed by atoms with E-state index in [0.717, 1.165) is 12.2 Å². The summed E-state index contributed by atoms with van der Waals surface area (Å²) in [4.78, 5) is 36.1. The summed E-state index contributed by atoms with van der Waals surface area (Å²) >= 11 is 0. The highest BCUT2D eigenvalue weighted by Gasteiger charge is 2.52. The fourth-order valence-electron chi connectivity index (χ4n) is 2.89. The molecule has 0 bridgehead atoms. The van der Waals surface area contributed by atoms with Crippen molar-refractivity contribution in [1.29, 1.82) is 0 Å². The van der Waals surface area contributed by atoms with Crippen LogP contribution in [0, 0.1) is 17.8 Å². The maximum Gasteiger partial charge on any atom is 0.410 e. The largest absolute Gasteiger partial charge is 0.481 e. The minimum atomic E-state index is -0.785. The molecule has 7 nitrogen and oxygen atoms in total. The number of ether oxygens (including phenoxy) is 1. The molecule has 0 aromatic carbocycles. The normalized spacial score (nSPS) is 22.5. The number of nitrogens with one attached hydrogen (secondary N) is 1. The van der Waals surface area contributed by atoms with Gasteiger partial charge in [0.15, 0.2) is 0 Å². The van der Waals surface area contributed by atoms with Gasteiger partial charge in [-0.25, -0.2) is 4.79 Å². The molecular weight excluding hydrogens is 376 g/mol. The molecule has 0 aromatic heterocycles. The van der Waals surface area contributed by atoms with Gasteiger partial charge in [-0.1, -0.05) is 21.6 Å². The van der Waals surface area contributed by atoms with E-state index in [-0.39, 0.29) is 24.3 Å². The zero-order valence-electron chi connectivity index (χ0n) is 15.5. The van der Waals surface area contributed by atoms with Gasteiger partial charge in [-0.15, -0.1) is 0 Å². The smallest absolute Gasteiger partial charge is 0.410 e. The second-order valence-corrected chi connectivity index (χ2v) is 10.4. The fourth-order valence-corrected chi connectivity index (χ4v) is 4.78. The minimum Gasteiger partial charge on any atom is -0.481 e. The average Bonchev–Trinajstić information content (AvgIpc) is 3.22. The quantitative estimate of drug-likeness (QED) is 0.450. The van der Waals surface area contributed by atoms with Crippen LogP contribution in [0.5, 0.6) is 0 Å². The zero-order chi connectivity index (χ0) is 19.3. The lowest BCUT2D eigenvalue weighted by atomic mass is 9.93. The van der Waals surface area contributed by atoms with E-state index in [4.69, 9.17) is 9.84 Å². The Morgan fingerprint density at radius 3 is 2.46 bits per heavy atom. The second kappa shape index (κ2) is 9.21. The van der Waals surface area contributed by atoms with E-state index in [1.807, 2.05) is 20.8 Å². The first-order chi connectivity index (χ1) is 12.2. The summed E-state index contributed by atoms with van der Waals surface area (Å²) in [6.45, 7) is 7.52. The number of amides is 2. The maximum atomic E-state index is 12.1. The van der Waals surface area contributed by atoms with E-state index in [9.17, 15) is 14.4 Å². The highest BCUT2D eigenvalue weighted by Crippen LogP contribution is 2.47. The lowest BCUT2D eigenvalue weighted by molar-refractivity contribution is -0.136. The molecule has 0 unspecified atom stereocenters. The van der Waals surface area contributed by atoms with E-state index in [1.54, 1.807) is 15.7 Å². The van der Waals surface area contributed by atoms with Crippen molar-refractivity contribution in [3.8, 4) is 0 Å². The van der Waals surface area contributed by atoms with Crippen LogP contribution in [0.15, 0.2) is 0 Å². The van der Waals surface area contributed by atoms with Crippen molar-refractivity contribution < 1.29 is 24.2 Å². The van der Waals surface area contributed by atoms with E-state index in [0.29, 0.717) is 37.2 Å². The lowest BCUT2D eigenvalue weighted by Gasteiger charge is -2.40.